The first-order valence-electron chi connectivity index (χ1n) is 9.58. The number of amides is 2. The molecular weight excluding hydrogens is 435 g/mol. The summed E-state index contributed by atoms with van der Waals surface area (Å²) < 4.78 is 0. The molecule has 3 aromatic rings. The van der Waals surface area contributed by atoms with Gasteiger partial charge in [0.25, 0.3) is 5.91 Å². The van der Waals surface area contributed by atoms with Crippen LogP contribution in [0.5, 0.6) is 0 Å². The van der Waals surface area contributed by atoms with Crippen LogP contribution in [0.3, 0.4) is 0 Å². The minimum absolute atomic E-state index is 0.104. The molecule has 2 amide bonds. The number of hydrogen-bond acceptors (Lipinski definition) is 4. The van der Waals surface area contributed by atoms with Crippen LogP contribution in [0.2, 0.25) is 10.0 Å². The molecule has 2 aromatic carbocycles. The smallest absolute Gasteiger partial charge is 0.255 e. The van der Waals surface area contributed by atoms with Crippen molar-refractivity contribution in [3.8, 4) is 0 Å². The minimum Gasteiger partial charge on any atom is -0.344 e. The third-order valence-electron chi connectivity index (χ3n) is 4.79. The number of benzene rings is 2. The van der Waals surface area contributed by atoms with Crippen LogP contribution >= 0.6 is 23.2 Å². The number of nitrogens with one attached hydrogen (secondary N) is 1. The van der Waals surface area contributed by atoms with Crippen molar-refractivity contribution in [1.29, 1.82) is 0 Å². The van der Waals surface area contributed by atoms with Crippen molar-refractivity contribution in [2.75, 3.05) is 18.9 Å². The lowest BCUT2D eigenvalue weighted by Gasteiger charge is -2.22. The maximum Gasteiger partial charge on any atom is 0.255 e. The van der Waals surface area contributed by atoms with E-state index >= 15 is 0 Å². The molecule has 0 fully saturated rings. The van der Waals surface area contributed by atoms with E-state index in [1.54, 1.807) is 78.9 Å². The SMILES string of the molecule is CN(CC(N)c1ccc(C(=O)Nc2ccncc2)cc1)C(=O)Cc1ccc(Cl)cc1Cl. The molecule has 160 valence electrons. The Kier molecular flexibility index (Phi) is 7.63. The van der Waals surface area contributed by atoms with E-state index in [2.05, 4.69) is 10.3 Å². The fourth-order valence-corrected chi connectivity index (χ4v) is 3.46. The summed E-state index contributed by atoms with van der Waals surface area (Å²) in [5.41, 5.74) is 8.99. The van der Waals surface area contributed by atoms with Crippen molar-refractivity contribution in [1.82, 2.24) is 9.88 Å². The molecule has 0 aliphatic rings. The highest BCUT2D eigenvalue weighted by atomic mass is 35.5. The van der Waals surface area contributed by atoms with Crippen LogP contribution in [-0.4, -0.2) is 35.3 Å². The average molecular weight is 457 g/mol. The number of nitrogens with zero attached hydrogens (tertiary/aromatic N) is 2. The summed E-state index contributed by atoms with van der Waals surface area (Å²) in [6.07, 6.45) is 3.38. The van der Waals surface area contributed by atoms with Gasteiger partial charge in [-0.25, -0.2) is 0 Å². The molecule has 8 heteroatoms. The Morgan fingerprint density at radius 1 is 1.06 bits per heavy atom. The molecule has 1 aromatic heterocycles. The van der Waals surface area contributed by atoms with Crippen molar-refractivity contribution in [3.05, 3.63) is 93.7 Å². The first-order chi connectivity index (χ1) is 14.8. The molecule has 0 aliphatic heterocycles. The number of aromatic nitrogens is 1. The maximum atomic E-state index is 12.6. The molecule has 0 aliphatic carbocycles. The van der Waals surface area contributed by atoms with E-state index in [1.165, 1.54) is 0 Å². The van der Waals surface area contributed by atoms with Crippen LogP contribution in [0.15, 0.2) is 67.0 Å². The molecule has 1 heterocycles. The average Bonchev–Trinajstić information content (AvgIpc) is 2.76. The Morgan fingerprint density at radius 2 is 1.74 bits per heavy atom. The summed E-state index contributed by atoms with van der Waals surface area (Å²) in [6, 6.07) is 15.1. The number of rotatable bonds is 7. The van der Waals surface area contributed by atoms with Crippen LogP contribution < -0.4 is 11.1 Å². The van der Waals surface area contributed by atoms with Gasteiger partial charge in [-0.1, -0.05) is 41.4 Å². The highest BCUT2D eigenvalue weighted by Crippen LogP contribution is 2.22. The van der Waals surface area contributed by atoms with E-state index in [0.29, 0.717) is 33.4 Å². The molecular formula is C23H22Cl2N4O2. The van der Waals surface area contributed by atoms with Crippen molar-refractivity contribution in [3.63, 3.8) is 0 Å². The monoisotopic (exact) mass is 456 g/mol. The van der Waals surface area contributed by atoms with E-state index in [4.69, 9.17) is 28.9 Å². The van der Waals surface area contributed by atoms with Crippen LogP contribution in [-0.2, 0) is 11.2 Å². The molecule has 3 N–H and O–H groups in total. The van der Waals surface area contributed by atoms with Gasteiger partial charge < -0.3 is 16.0 Å². The molecule has 31 heavy (non-hydrogen) atoms. The van der Waals surface area contributed by atoms with Gasteiger partial charge in [0.05, 0.1) is 6.42 Å². The molecule has 1 atom stereocenters. The van der Waals surface area contributed by atoms with E-state index in [9.17, 15) is 9.59 Å². The second-order valence-electron chi connectivity index (χ2n) is 7.11. The zero-order chi connectivity index (χ0) is 22.4. The molecule has 3 rings (SSSR count). The van der Waals surface area contributed by atoms with Crippen LogP contribution in [0.25, 0.3) is 0 Å². The van der Waals surface area contributed by atoms with E-state index in [0.717, 1.165) is 5.56 Å². The molecule has 6 nitrogen and oxygen atoms in total. The number of hydrogen-bond donors (Lipinski definition) is 2. The highest BCUT2D eigenvalue weighted by molar-refractivity contribution is 6.35. The summed E-state index contributed by atoms with van der Waals surface area (Å²) in [6.45, 7) is 0.326. The van der Waals surface area contributed by atoms with Crippen molar-refractivity contribution in [2.24, 2.45) is 5.73 Å². The summed E-state index contributed by atoms with van der Waals surface area (Å²) in [7, 11) is 1.70. The quantitative estimate of drug-likeness (QED) is 0.553. The molecule has 1 unspecified atom stereocenters. The first-order valence-corrected chi connectivity index (χ1v) is 10.3. The zero-order valence-corrected chi connectivity index (χ0v) is 18.4. The number of carbonyl (C=O) groups is 2. The van der Waals surface area contributed by atoms with Gasteiger partial charge in [-0.05, 0) is 47.5 Å². The third kappa shape index (κ3) is 6.28. The Bertz CT molecular complexity index is 1060. The van der Waals surface area contributed by atoms with Crippen LogP contribution in [0, 0.1) is 0 Å². The Morgan fingerprint density at radius 3 is 2.39 bits per heavy atom. The minimum atomic E-state index is -0.396. The Hall–Kier alpha value is -2.93. The Labute approximate surface area is 191 Å². The lowest BCUT2D eigenvalue weighted by Crippen LogP contribution is -2.35. The number of carbonyl (C=O) groups excluding carboxylic acids is 2. The Balaban J connectivity index is 1.57. The van der Waals surface area contributed by atoms with Crippen molar-refractivity contribution >= 4 is 40.7 Å². The standard InChI is InChI=1S/C23H22Cl2N4O2/c1-29(22(30)12-17-6-7-18(24)13-20(17)25)14-21(26)15-2-4-16(5-3-15)23(31)28-19-8-10-27-11-9-19/h2-11,13,21H,12,14,26H2,1H3,(H,27,28,31). The van der Waals surface area contributed by atoms with Gasteiger partial charge >= 0.3 is 0 Å². The van der Waals surface area contributed by atoms with Gasteiger partial charge in [-0.2, -0.15) is 0 Å². The summed E-state index contributed by atoms with van der Waals surface area (Å²) in [5.74, 6) is -0.327. The lowest BCUT2D eigenvalue weighted by atomic mass is 10.0. The summed E-state index contributed by atoms with van der Waals surface area (Å²) in [5, 5.41) is 3.78. The van der Waals surface area contributed by atoms with E-state index in [-0.39, 0.29) is 18.2 Å². The number of nitrogens with two attached hydrogens (primary N) is 1. The number of pyridine rings is 1. The van der Waals surface area contributed by atoms with Gasteiger partial charge in [0.15, 0.2) is 0 Å². The van der Waals surface area contributed by atoms with Crippen LogP contribution in [0.4, 0.5) is 5.69 Å². The molecule has 0 spiro atoms. The fourth-order valence-electron chi connectivity index (χ4n) is 2.99. The lowest BCUT2D eigenvalue weighted by molar-refractivity contribution is -0.129. The summed E-state index contributed by atoms with van der Waals surface area (Å²) >= 11 is 12.1. The topological polar surface area (TPSA) is 88.3 Å². The van der Waals surface area contributed by atoms with Crippen LogP contribution in [0.1, 0.15) is 27.5 Å². The first kappa shape index (κ1) is 22.7. The second-order valence-corrected chi connectivity index (χ2v) is 7.95. The molecule has 0 bridgehead atoms. The fraction of sp³-hybridized carbons (Fsp3) is 0.174. The third-order valence-corrected chi connectivity index (χ3v) is 5.38. The number of halogens is 2. The van der Waals surface area contributed by atoms with E-state index in [1.807, 2.05) is 0 Å². The number of likely N-dealkylation sites (N-methyl/N-ethyl adjacent to an activating group) is 1. The molecule has 0 saturated heterocycles. The van der Waals surface area contributed by atoms with Gasteiger partial charge in [0, 0.05) is 53.3 Å². The van der Waals surface area contributed by atoms with Gasteiger partial charge in [-0.15, -0.1) is 0 Å². The van der Waals surface area contributed by atoms with Gasteiger partial charge in [-0.3, -0.25) is 14.6 Å². The largest absolute Gasteiger partial charge is 0.344 e. The second kappa shape index (κ2) is 10.4. The highest BCUT2D eigenvalue weighted by Gasteiger charge is 2.16. The normalized spacial score (nSPS) is 11.6. The van der Waals surface area contributed by atoms with Crippen molar-refractivity contribution in [2.45, 2.75) is 12.5 Å². The van der Waals surface area contributed by atoms with Crippen molar-refractivity contribution < 1.29 is 9.59 Å². The molecule has 0 saturated carbocycles. The maximum absolute atomic E-state index is 12.6. The van der Waals surface area contributed by atoms with E-state index < -0.39 is 6.04 Å². The number of anilines is 1. The van der Waals surface area contributed by atoms with Gasteiger partial charge in [0.2, 0.25) is 5.91 Å². The predicted octanol–water partition coefficient (Wildman–Crippen LogP) is 4.34. The van der Waals surface area contributed by atoms with Gasteiger partial charge in [0.1, 0.15) is 0 Å². The summed E-state index contributed by atoms with van der Waals surface area (Å²) in [4.78, 5) is 30.4. The predicted molar refractivity (Wildman–Crippen MR) is 123 cm³/mol. The molecule has 0 radical (unpaired) electrons. The zero-order valence-electron chi connectivity index (χ0n) is 16.9.